The number of likely N-dealkylation sites (N-methyl/N-ethyl adjacent to an activating group) is 1. The van der Waals surface area contributed by atoms with E-state index in [0.29, 0.717) is 34.5 Å². The minimum Gasteiger partial charge on any atom is -0.472 e. The summed E-state index contributed by atoms with van der Waals surface area (Å²) in [4.78, 5) is 39.5. The quantitative estimate of drug-likeness (QED) is 0.148. The molecular weight excluding hydrogens is 630 g/mol. The molecule has 5 rings (SSSR count). The summed E-state index contributed by atoms with van der Waals surface area (Å²) in [5.74, 6) is -0.732. The number of halogens is 1. The largest absolute Gasteiger partial charge is 0.472 e. The van der Waals surface area contributed by atoms with Crippen molar-refractivity contribution in [2.75, 3.05) is 19.0 Å². The van der Waals surface area contributed by atoms with Crippen LogP contribution >= 0.6 is 11.3 Å². The fourth-order valence-corrected chi connectivity index (χ4v) is 6.33. The minimum absolute atomic E-state index is 0.251. The number of hydrogen-bond acceptors (Lipinski definition) is 8. The Morgan fingerprint density at radius 1 is 1.04 bits per heavy atom. The number of aromatic nitrogens is 2. The molecular formula is C37H40FN5O4S. The van der Waals surface area contributed by atoms with E-state index in [2.05, 4.69) is 15.3 Å². The maximum Gasteiger partial charge on any atom is 0.254 e. The summed E-state index contributed by atoms with van der Waals surface area (Å²) in [5, 5.41) is 17.5. The third-order valence-electron chi connectivity index (χ3n) is 8.25. The Bertz CT molecular complexity index is 1860. The van der Waals surface area contributed by atoms with Gasteiger partial charge in [-0.2, -0.15) is 0 Å². The summed E-state index contributed by atoms with van der Waals surface area (Å²) in [6.07, 6.45) is 5.08. The first-order valence-corrected chi connectivity index (χ1v) is 16.4. The van der Waals surface area contributed by atoms with E-state index < -0.39 is 29.8 Å². The molecule has 0 saturated heterocycles. The molecule has 0 radical (unpaired) electrons. The van der Waals surface area contributed by atoms with Crippen LogP contribution in [-0.4, -0.2) is 58.0 Å². The number of thiazole rings is 1. The van der Waals surface area contributed by atoms with Gasteiger partial charge in [-0.15, -0.1) is 11.3 Å². The molecule has 0 saturated carbocycles. The van der Waals surface area contributed by atoms with Gasteiger partial charge in [-0.25, -0.2) is 9.37 Å². The molecule has 3 unspecified atom stereocenters. The zero-order chi connectivity index (χ0) is 34.6. The van der Waals surface area contributed by atoms with Crippen molar-refractivity contribution in [2.24, 2.45) is 0 Å². The van der Waals surface area contributed by atoms with Crippen LogP contribution in [0.1, 0.15) is 69.4 Å². The average Bonchev–Trinajstić information content (AvgIpc) is 3.76. The predicted molar refractivity (Wildman–Crippen MR) is 186 cm³/mol. The average molecular weight is 670 g/mol. The van der Waals surface area contributed by atoms with Gasteiger partial charge in [0.05, 0.1) is 49.1 Å². The molecule has 0 aliphatic carbocycles. The van der Waals surface area contributed by atoms with Gasteiger partial charge in [0.2, 0.25) is 0 Å². The number of rotatable bonds is 12. The van der Waals surface area contributed by atoms with Crippen LogP contribution in [0.5, 0.6) is 0 Å². The van der Waals surface area contributed by atoms with E-state index in [1.165, 1.54) is 37.6 Å². The van der Waals surface area contributed by atoms with Gasteiger partial charge in [0.15, 0.2) is 0 Å². The Morgan fingerprint density at radius 3 is 2.42 bits per heavy atom. The molecule has 48 heavy (non-hydrogen) atoms. The third-order valence-corrected chi connectivity index (χ3v) is 9.20. The lowest BCUT2D eigenvalue weighted by molar-refractivity contribution is 0.0783. The lowest BCUT2D eigenvalue weighted by Gasteiger charge is -2.37. The van der Waals surface area contributed by atoms with Gasteiger partial charge in [0, 0.05) is 53.6 Å². The maximum atomic E-state index is 14.8. The van der Waals surface area contributed by atoms with Gasteiger partial charge in [-0.1, -0.05) is 30.3 Å². The lowest BCUT2D eigenvalue weighted by atomic mass is 9.94. The topological polar surface area (TPSA) is 112 Å². The molecule has 2 amide bonds. The highest BCUT2D eigenvalue weighted by Gasteiger charge is 2.32. The van der Waals surface area contributed by atoms with Crippen LogP contribution in [0.2, 0.25) is 0 Å². The fourth-order valence-electron chi connectivity index (χ4n) is 5.50. The smallest absolute Gasteiger partial charge is 0.254 e. The number of furan rings is 1. The number of amides is 2. The second-order valence-electron chi connectivity index (χ2n) is 12.5. The second-order valence-corrected chi connectivity index (χ2v) is 13.4. The molecule has 0 bridgehead atoms. The molecule has 11 heteroatoms. The summed E-state index contributed by atoms with van der Waals surface area (Å²) < 4.78 is 20.1. The number of benzene rings is 2. The third kappa shape index (κ3) is 7.98. The van der Waals surface area contributed by atoms with Crippen molar-refractivity contribution in [2.45, 2.75) is 58.1 Å². The number of hydrogen-bond donors (Lipinski definition) is 2. The Kier molecular flexibility index (Phi) is 10.4. The van der Waals surface area contributed by atoms with Gasteiger partial charge in [-0.05, 0) is 69.2 Å². The molecule has 3 aromatic heterocycles. The highest BCUT2D eigenvalue weighted by Crippen LogP contribution is 2.33. The van der Waals surface area contributed by atoms with Crippen LogP contribution < -0.4 is 10.2 Å². The molecule has 0 fully saturated rings. The Balaban J connectivity index is 1.42. The van der Waals surface area contributed by atoms with Gasteiger partial charge in [0.25, 0.3) is 11.8 Å². The van der Waals surface area contributed by atoms with E-state index in [0.717, 1.165) is 16.3 Å². The van der Waals surface area contributed by atoms with Gasteiger partial charge >= 0.3 is 0 Å². The summed E-state index contributed by atoms with van der Waals surface area (Å²) in [7, 11) is 3.50. The number of carbonyl (C=O) groups is 2. The number of nitrogens with one attached hydrogen (secondary N) is 1. The van der Waals surface area contributed by atoms with E-state index in [1.54, 1.807) is 68.7 Å². The highest BCUT2D eigenvalue weighted by atomic mass is 32.1. The highest BCUT2D eigenvalue weighted by molar-refractivity contribution is 7.09. The van der Waals surface area contributed by atoms with E-state index >= 15 is 0 Å². The molecule has 3 atom stereocenters. The number of carbonyl (C=O) groups excluding carboxylic acids is 2. The summed E-state index contributed by atoms with van der Waals surface area (Å²) in [5.41, 5.74) is 3.02. The molecule has 9 nitrogen and oxygen atoms in total. The zero-order valence-electron chi connectivity index (χ0n) is 27.8. The van der Waals surface area contributed by atoms with Crippen molar-refractivity contribution < 1.29 is 23.5 Å². The first-order chi connectivity index (χ1) is 22.8. The number of pyridine rings is 1. The molecule has 250 valence electrons. The number of anilines is 1. The van der Waals surface area contributed by atoms with Crippen LogP contribution in [0.25, 0.3) is 11.1 Å². The van der Waals surface area contributed by atoms with Crippen molar-refractivity contribution in [1.29, 1.82) is 0 Å². The molecule has 2 aromatic carbocycles. The predicted octanol–water partition coefficient (Wildman–Crippen LogP) is 6.94. The number of aliphatic hydroxyl groups is 1. The van der Waals surface area contributed by atoms with E-state index in [1.807, 2.05) is 47.5 Å². The second kappa shape index (κ2) is 14.5. The standard InChI is InChI=1S/C37H40FN5O4S/c1-23-22-48-32(40-23)20-42(5)36(46)29-15-27(26-12-13-47-21-26)14-28(16-29)35(45)41-24(2)34(44)33(25-10-8-7-9-11-25)43(6)31-17-30(18-39-19-31)37(3,4)38/h7-19,21-22,24,33-34,44H,20H2,1-6H3,(H,41,45). The molecule has 5 aromatic rings. The molecule has 2 N–H and O–H groups in total. The van der Waals surface area contributed by atoms with Crippen molar-refractivity contribution >= 4 is 28.8 Å². The number of nitrogens with zero attached hydrogens (tertiary/aromatic N) is 4. The normalized spacial score (nSPS) is 13.4. The number of aliphatic hydroxyl groups excluding tert-OH is 1. The zero-order valence-corrected chi connectivity index (χ0v) is 28.7. The van der Waals surface area contributed by atoms with Crippen molar-refractivity contribution in [3.05, 3.63) is 124 Å². The van der Waals surface area contributed by atoms with E-state index in [4.69, 9.17) is 4.42 Å². The summed E-state index contributed by atoms with van der Waals surface area (Å²) in [6, 6.07) is 16.5. The van der Waals surface area contributed by atoms with Crippen molar-refractivity contribution in [3.63, 3.8) is 0 Å². The molecule has 0 aliphatic rings. The Morgan fingerprint density at radius 2 is 1.77 bits per heavy atom. The first-order valence-electron chi connectivity index (χ1n) is 15.6. The van der Waals surface area contributed by atoms with E-state index in [9.17, 15) is 19.1 Å². The lowest BCUT2D eigenvalue weighted by Crippen LogP contribution is -2.48. The maximum absolute atomic E-state index is 14.8. The number of aryl methyl sites for hydroxylation is 1. The van der Waals surface area contributed by atoms with Crippen molar-refractivity contribution in [3.8, 4) is 11.1 Å². The fraction of sp³-hybridized carbons (Fsp3) is 0.297. The molecule has 0 aliphatic heterocycles. The van der Waals surface area contributed by atoms with Crippen LogP contribution in [0.3, 0.4) is 0 Å². The molecule has 3 heterocycles. The van der Waals surface area contributed by atoms with Gasteiger partial charge in [0.1, 0.15) is 10.7 Å². The van der Waals surface area contributed by atoms with Crippen LogP contribution in [0.15, 0.2) is 95.4 Å². The Hall–Kier alpha value is -4.87. The van der Waals surface area contributed by atoms with Crippen LogP contribution in [0.4, 0.5) is 10.1 Å². The van der Waals surface area contributed by atoms with Gasteiger partial charge < -0.3 is 24.6 Å². The SMILES string of the molecule is Cc1csc(CN(C)C(=O)c2cc(C(=O)NC(C)C(O)C(c3ccccc3)N(C)c3cncc(C(C)(C)F)c3)cc(-c3ccoc3)c2)n1. The minimum atomic E-state index is -1.61. The van der Waals surface area contributed by atoms with Gasteiger partial charge in [-0.3, -0.25) is 14.6 Å². The molecule has 0 spiro atoms. The van der Waals surface area contributed by atoms with Crippen LogP contribution in [-0.2, 0) is 12.2 Å². The van der Waals surface area contributed by atoms with Crippen LogP contribution in [0, 0.1) is 6.92 Å². The van der Waals surface area contributed by atoms with E-state index in [-0.39, 0.29) is 11.5 Å². The monoisotopic (exact) mass is 669 g/mol. The summed E-state index contributed by atoms with van der Waals surface area (Å²) in [6.45, 7) is 6.89. The number of alkyl halides is 1. The summed E-state index contributed by atoms with van der Waals surface area (Å²) >= 11 is 1.48. The Labute approximate surface area is 284 Å². The van der Waals surface area contributed by atoms with Crippen molar-refractivity contribution in [1.82, 2.24) is 20.2 Å². The first kappa shape index (κ1) is 34.5.